The lowest BCUT2D eigenvalue weighted by Crippen LogP contribution is -2.14. The number of hydrogen-bond donors (Lipinski definition) is 2. The van der Waals surface area contributed by atoms with Gasteiger partial charge in [0, 0.05) is 30.5 Å². The first-order chi connectivity index (χ1) is 8.93. The third-order valence-electron chi connectivity index (χ3n) is 2.90. The Morgan fingerprint density at radius 1 is 1.00 bits per heavy atom. The fourth-order valence-electron chi connectivity index (χ4n) is 2.02. The zero-order valence-electron chi connectivity index (χ0n) is 9.93. The highest BCUT2D eigenvalue weighted by atomic mass is 15.0. The van der Waals surface area contributed by atoms with Crippen LogP contribution in [0.3, 0.4) is 0 Å². The minimum Gasteiger partial charge on any atom is -0.348 e. The van der Waals surface area contributed by atoms with Crippen LogP contribution in [0, 0.1) is 0 Å². The molecule has 3 aromatic rings. The monoisotopic (exact) mass is 238 g/mol. The molecule has 0 fully saturated rings. The van der Waals surface area contributed by atoms with Crippen molar-refractivity contribution in [2.75, 3.05) is 0 Å². The fourth-order valence-corrected chi connectivity index (χ4v) is 2.02. The summed E-state index contributed by atoms with van der Waals surface area (Å²) >= 11 is 0. The Labute approximate surface area is 105 Å². The van der Waals surface area contributed by atoms with Crippen LogP contribution in [0.5, 0.6) is 0 Å². The second kappa shape index (κ2) is 4.98. The Bertz CT molecular complexity index is 626. The summed E-state index contributed by atoms with van der Waals surface area (Å²) in [4.78, 5) is 11.6. The largest absolute Gasteiger partial charge is 0.348 e. The first-order valence-corrected chi connectivity index (χ1v) is 5.95. The number of nitrogens with one attached hydrogen (secondary N) is 2. The predicted octanol–water partition coefficient (Wildman–Crippen LogP) is 2.25. The van der Waals surface area contributed by atoms with Gasteiger partial charge in [-0.15, -0.1) is 0 Å². The highest BCUT2D eigenvalue weighted by Crippen LogP contribution is 2.15. The second-order valence-corrected chi connectivity index (χ2v) is 4.13. The molecular formula is C14H14N4. The first-order valence-electron chi connectivity index (χ1n) is 5.95. The van der Waals surface area contributed by atoms with Crippen LogP contribution in [-0.2, 0) is 13.1 Å². The van der Waals surface area contributed by atoms with E-state index in [0.717, 1.165) is 24.4 Å². The van der Waals surface area contributed by atoms with E-state index in [1.807, 2.05) is 30.6 Å². The molecule has 90 valence electrons. The molecule has 0 saturated heterocycles. The molecule has 0 saturated carbocycles. The maximum absolute atomic E-state index is 4.35. The summed E-state index contributed by atoms with van der Waals surface area (Å²) in [7, 11) is 0. The van der Waals surface area contributed by atoms with Crippen molar-refractivity contribution in [3.05, 3.63) is 60.3 Å². The van der Waals surface area contributed by atoms with Gasteiger partial charge in [-0.2, -0.15) is 0 Å². The van der Waals surface area contributed by atoms with Crippen LogP contribution in [0.15, 0.2) is 48.9 Å². The minimum absolute atomic E-state index is 0.740. The lowest BCUT2D eigenvalue weighted by molar-refractivity contribution is 0.671. The summed E-state index contributed by atoms with van der Waals surface area (Å²) in [6.07, 6.45) is 5.45. The van der Waals surface area contributed by atoms with Crippen molar-refractivity contribution in [3.63, 3.8) is 0 Å². The quantitative estimate of drug-likeness (QED) is 0.733. The van der Waals surface area contributed by atoms with Crippen LogP contribution in [0.2, 0.25) is 0 Å². The number of H-pyrrole nitrogens is 1. The Kier molecular flexibility index (Phi) is 3.02. The molecule has 0 aliphatic heterocycles. The number of benzene rings is 1. The molecule has 4 heteroatoms. The normalized spacial score (nSPS) is 10.9. The average molecular weight is 238 g/mol. The molecule has 18 heavy (non-hydrogen) atoms. The lowest BCUT2D eigenvalue weighted by Gasteiger charge is -2.06. The number of nitrogens with zero attached hydrogens (tertiary/aromatic N) is 2. The third-order valence-corrected chi connectivity index (χ3v) is 2.90. The Hall–Kier alpha value is -2.20. The Balaban J connectivity index is 1.74. The van der Waals surface area contributed by atoms with Crippen molar-refractivity contribution in [2.24, 2.45) is 0 Å². The summed E-state index contributed by atoms with van der Waals surface area (Å²) in [6.45, 7) is 1.55. The van der Waals surface area contributed by atoms with Crippen LogP contribution in [0.1, 0.15) is 11.4 Å². The van der Waals surface area contributed by atoms with Crippen molar-refractivity contribution in [2.45, 2.75) is 13.1 Å². The van der Waals surface area contributed by atoms with Crippen molar-refractivity contribution < 1.29 is 0 Å². The van der Waals surface area contributed by atoms with Gasteiger partial charge in [0.1, 0.15) is 5.82 Å². The number of fused-ring (bicyclic) bond motifs is 1. The van der Waals surface area contributed by atoms with Gasteiger partial charge in [-0.1, -0.05) is 18.2 Å². The molecule has 0 bridgehead atoms. The molecule has 1 aromatic carbocycles. The SMILES string of the molecule is c1ccc2c(CNCc3ncc[nH]3)ccnc2c1. The molecule has 2 N–H and O–H groups in total. The molecule has 0 atom stereocenters. The molecule has 0 aliphatic rings. The van der Waals surface area contributed by atoms with Crippen LogP contribution in [0.25, 0.3) is 10.9 Å². The van der Waals surface area contributed by atoms with E-state index in [1.165, 1.54) is 10.9 Å². The number of hydrogen-bond acceptors (Lipinski definition) is 3. The van der Waals surface area contributed by atoms with Gasteiger partial charge in [0.25, 0.3) is 0 Å². The molecule has 2 aromatic heterocycles. The number of rotatable bonds is 4. The zero-order chi connectivity index (χ0) is 12.2. The Morgan fingerprint density at radius 2 is 1.94 bits per heavy atom. The van der Waals surface area contributed by atoms with Gasteiger partial charge in [-0.3, -0.25) is 4.98 Å². The third kappa shape index (κ3) is 2.24. The maximum atomic E-state index is 4.35. The fraction of sp³-hybridized carbons (Fsp3) is 0.143. The molecule has 0 spiro atoms. The van der Waals surface area contributed by atoms with E-state index in [4.69, 9.17) is 0 Å². The molecule has 2 heterocycles. The van der Waals surface area contributed by atoms with Crippen molar-refractivity contribution in [1.29, 1.82) is 0 Å². The summed E-state index contributed by atoms with van der Waals surface area (Å²) in [5.74, 6) is 0.952. The van der Waals surface area contributed by atoms with Crippen molar-refractivity contribution in [1.82, 2.24) is 20.3 Å². The summed E-state index contributed by atoms with van der Waals surface area (Å²) in [5.41, 5.74) is 2.29. The topological polar surface area (TPSA) is 53.6 Å². The van der Waals surface area contributed by atoms with E-state index in [-0.39, 0.29) is 0 Å². The van der Waals surface area contributed by atoms with Gasteiger partial charge in [0.05, 0.1) is 12.1 Å². The first kappa shape index (κ1) is 10.9. The maximum Gasteiger partial charge on any atom is 0.120 e. The van der Waals surface area contributed by atoms with E-state index in [0.29, 0.717) is 0 Å². The van der Waals surface area contributed by atoms with E-state index in [9.17, 15) is 0 Å². The smallest absolute Gasteiger partial charge is 0.120 e. The number of aromatic nitrogens is 3. The molecule has 0 unspecified atom stereocenters. The number of aromatic amines is 1. The molecular weight excluding hydrogens is 224 g/mol. The summed E-state index contributed by atoms with van der Waals surface area (Å²) in [6, 6.07) is 10.2. The van der Waals surface area contributed by atoms with Gasteiger partial charge in [0.15, 0.2) is 0 Å². The van der Waals surface area contributed by atoms with E-state index >= 15 is 0 Å². The highest BCUT2D eigenvalue weighted by molar-refractivity contribution is 5.81. The predicted molar refractivity (Wildman–Crippen MR) is 70.9 cm³/mol. The molecule has 3 rings (SSSR count). The van der Waals surface area contributed by atoms with Gasteiger partial charge >= 0.3 is 0 Å². The van der Waals surface area contributed by atoms with E-state index in [1.54, 1.807) is 6.20 Å². The lowest BCUT2D eigenvalue weighted by atomic mass is 10.1. The van der Waals surface area contributed by atoms with Gasteiger partial charge in [-0.05, 0) is 17.7 Å². The average Bonchev–Trinajstić information content (AvgIpc) is 2.92. The number of imidazole rings is 1. The molecule has 0 aliphatic carbocycles. The standard InChI is InChI=1S/C14H14N4/c1-2-4-13-12(3-1)11(5-6-16-13)9-15-10-14-17-7-8-18-14/h1-8,15H,9-10H2,(H,17,18). The highest BCUT2D eigenvalue weighted by Gasteiger charge is 2.01. The summed E-state index contributed by atoms with van der Waals surface area (Å²) in [5, 5.41) is 4.58. The van der Waals surface area contributed by atoms with Crippen LogP contribution in [0.4, 0.5) is 0 Å². The number of para-hydroxylation sites is 1. The van der Waals surface area contributed by atoms with Crippen molar-refractivity contribution in [3.8, 4) is 0 Å². The van der Waals surface area contributed by atoms with E-state index < -0.39 is 0 Å². The van der Waals surface area contributed by atoms with Gasteiger partial charge in [-0.25, -0.2) is 4.98 Å². The second-order valence-electron chi connectivity index (χ2n) is 4.13. The van der Waals surface area contributed by atoms with Crippen molar-refractivity contribution >= 4 is 10.9 Å². The minimum atomic E-state index is 0.740. The van der Waals surface area contributed by atoms with Gasteiger partial charge < -0.3 is 10.3 Å². The molecule has 0 radical (unpaired) electrons. The molecule has 4 nitrogen and oxygen atoms in total. The number of pyridine rings is 1. The Morgan fingerprint density at radius 3 is 2.83 bits per heavy atom. The zero-order valence-corrected chi connectivity index (χ0v) is 9.93. The van der Waals surface area contributed by atoms with E-state index in [2.05, 4.69) is 32.4 Å². The van der Waals surface area contributed by atoms with Crippen LogP contribution < -0.4 is 5.32 Å². The molecule has 0 amide bonds. The van der Waals surface area contributed by atoms with Crippen LogP contribution in [-0.4, -0.2) is 15.0 Å². The summed E-state index contributed by atoms with van der Waals surface area (Å²) < 4.78 is 0. The van der Waals surface area contributed by atoms with Crippen LogP contribution >= 0.6 is 0 Å². The van der Waals surface area contributed by atoms with Gasteiger partial charge in [0.2, 0.25) is 0 Å².